The minimum atomic E-state index is -3.58. The normalized spacial score (nSPS) is 15.7. The van der Waals surface area contributed by atoms with E-state index in [0.717, 1.165) is 21.0 Å². The molecule has 0 atom stereocenters. The number of pyridine rings is 1. The molecule has 1 aliphatic heterocycles. The fourth-order valence-corrected chi connectivity index (χ4v) is 4.44. The van der Waals surface area contributed by atoms with Crippen LogP contribution in [0.3, 0.4) is 0 Å². The lowest BCUT2D eigenvalue weighted by Gasteiger charge is -2.13. The number of benzene rings is 1. The molecule has 0 aliphatic carbocycles. The minimum absolute atomic E-state index is 0.0217. The first-order valence-electron chi connectivity index (χ1n) is 9.16. The zero-order valence-electron chi connectivity index (χ0n) is 16.8. The van der Waals surface area contributed by atoms with Crippen LogP contribution in [0.2, 0.25) is 0 Å². The number of hydrogen-bond donors (Lipinski definition) is 1. The number of sulfonamides is 1. The summed E-state index contributed by atoms with van der Waals surface area (Å²) in [6.45, 7) is 0.0860. The molecule has 0 spiro atoms. The summed E-state index contributed by atoms with van der Waals surface area (Å²) >= 11 is 0.835. The van der Waals surface area contributed by atoms with Gasteiger partial charge in [-0.05, 0) is 53.7 Å². The van der Waals surface area contributed by atoms with Gasteiger partial charge in [-0.1, -0.05) is 6.07 Å². The van der Waals surface area contributed by atoms with Crippen molar-refractivity contribution < 1.29 is 22.8 Å². The Morgan fingerprint density at radius 2 is 1.90 bits per heavy atom. The Hall–Kier alpha value is -3.02. The van der Waals surface area contributed by atoms with Gasteiger partial charge in [0.15, 0.2) is 0 Å². The Labute approximate surface area is 184 Å². The van der Waals surface area contributed by atoms with Crippen LogP contribution >= 0.6 is 11.8 Å². The lowest BCUT2D eigenvalue weighted by atomic mass is 10.2. The summed E-state index contributed by atoms with van der Waals surface area (Å²) in [5.74, 6) is -0.863. The van der Waals surface area contributed by atoms with Crippen molar-refractivity contribution in [3.05, 3.63) is 64.8 Å². The maximum atomic E-state index is 12.5. The maximum absolute atomic E-state index is 12.5. The highest BCUT2D eigenvalue weighted by Crippen LogP contribution is 2.31. The van der Waals surface area contributed by atoms with Crippen molar-refractivity contribution in [2.45, 2.75) is 4.90 Å². The van der Waals surface area contributed by atoms with Crippen molar-refractivity contribution in [1.82, 2.24) is 19.5 Å². The van der Waals surface area contributed by atoms with Crippen molar-refractivity contribution in [2.24, 2.45) is 0 Å². The third kappa shape index (κ3) is 5.19. The summed E-state index contributed by atoms with van der Waals surface area (Å²) in [7, 11) is -0.733. The first-order chi connectivity index (χ1) is 14.7. The predicted octanol–water partition coefficient (Wildman–Crippen LogP) is 1.80. The minimum Gasteiger partial charge on any atom is -0.350 e. The predicted molar refractivity (Wildman–Crippen MR) is 117 cm³/mol. The largest absolute Gasteiger partial charge is 0.350 e. The van der Waals surface area contributed by atoms with Crippen LogP contribution in [0.25, 0.3) is 6.08 Å². The molecular weight excluding hydrogens is 440 g/mol. The third-order valence-corrected chi connectivity index (χ3v) is 7.11. The van der Waals surface area contributed by atoms with Gasteiger partial charge in [-0.15, -0.1) is 0 Å². The number of carbonyl (C=O) groups is 3. The lowest BCUT2D eigenvalue weighted by molar-refractivity contribution is -0.122. The average Bonchev–Trinajstić information content (AvgIpc) is 3.01. The van der Waals surface area contributed by atoms with Crippen LogP contribution in [-0.4, -0.2) is 66.8 Å². The summed E-state index contributed by atoms with van der Waals surface area (Å²) in [5, 5.41) is 2.22. The molecule has 1 fully saturated rings. The van der Waals surface area contributed by atoms with Gasteiger partial charge in [-0.3, -0.25) is 24.3 Å². The van der Waals surface area contributed by atoms with E-state index < -0.39 is 27.1 Å². The summed E-state index contributed by atoms with van der Waals surface area (Å²) in [4.78, 5) is 42.3. The number of nitrogens with zero attached hydrogens (tertiary/aromatic N) is 3. The molecule has 11 heteroatoms. The number of aromatic nitrogens is 1. The maximum Gasteiger partial charge on any atom is 0.293 e. The second-order valence-electron chi connectivity index (χ2n) is 6.69. The van der Waals surface area contributed by atoms with E-state index >= 15 is 0 Å². The molecule has 1 saturated heterocycles. The van der Waals surface area contributed by atoms with Crippen molar-refractivity contribution in [1.29, 1.82) is 0 Å². The van der Waals surface area contributed by atoms with E-state index in [1.165, 1.54) is 38.4 Å². The monoisotopic (exact) mass is 460 g/mol. The number of carbonyl (C=O) groups excluding carboxylic acids is 3. The van der Waals surface area contributed by atoms with Gasteiger partial charge in [-0.25, -0.2) is 12.7 Å². The van der Waals surface area contributed by atoms with Crippen LogP contribution in [-0.2, 0) is 14.8 Å². The Balaban J connectivity index is 1.57. The molecule has 9 nitrogen and oxygen atoms in total. The van der Waals surface area contributed by atoms with Gasteiger partial charge in [0.25, 0.3) is 17.1 Å². The van der Waals surface area contributed by atoms with E-state index in [2.05, 4.69) is 10.3 Å². The molecule has 0 bridgehead atoms. The van der Waals surface area contributed by atoms with Gasteiger partial charge < -0.3 is 5.32 Å². The van der Waals surface area contributed by atoms with Crippen LogP contribution in [0, 0.1) is 0 Å². The number of thioether (sulfide) groups is 1. The van der Waals surface area contributed by atoms with Gasteiger partial charge in [0.05, 0.1) is 9.80 Å². The van der Waals surface area contributed by atoms with E-state index in [0.29, 0.717) is 10.5 Å². The van der Waals surface area contributed by atoms with E-state index in [1.54, 1.807) is 30.6 Å². The van der Waals surface area contributed by atoms with E-state index in [9.17, 15) is 22.8 Å². The SMILES string of the molecule is CN(C)S(=O)(=O)c1ccc(C(=O)NCCN2C(=O)S/C(=C/c3cccnc3)C2=O)cc1. The Morgan fingerprint density at radius 1 is 1.19 bits per heavy atom. The van der Waals surface area contributed by atoms with Crippen molar-refractivity contribution in [3.63, 3.8) is 0 Å². The van der Waals surface area contributed by atoms with Crippen LogP contribution in [0.1, 0.15) is 15.9 Å². The van der Waals surface area contributed by atoms with E-state index in [4.69, 9.17) is 0 Å². The van der Waals surface area contributed by atoms with Crippen LogP contribution in [0.15, 0.2) is 58.6 Å². The molecule has 1 aromatic carbocycles. The molecule has 1 aromatic heterocycles. The number of imide groups is 1. The Kier molecular flexibility index (Phi) is 6.88. The van der Waals surface area contributed by atoms with Crippen molar-refractivity contribution >= 4 is 44.9 Å². The van der Waals surface area contributed by atoms with Gasteiger partial charge in [-0.2, -0.15) is 0 Å². The fourth-order valence-electron chi connectivity index (χ4n) is 2.68. The number of rotatable bonds is 7. The number of nitrogens with one attached hydrogen (secondary N) is 1. The van der Waals surface area contributed by atoms with Crippen molar-refractivity contribution in [2.75, 3.05) is 27.2 Å². The number of hydrogen-bond acceptors (Lipinski definition) is 7. The van der Waals surface area contributed by atoms with Gasteiger partial charge in [0, 0.05) is 45.1 Å². The standard InChI is InChI=1S/C20H20N4O5S2/c1-23(2)31(28,29)16-7-5-15(6-8-16)18(25)22-10-11-24-19(26)17(30-20(24)27)12-14-4-3-9-21-13-14/h3-9,12-13H,10-11H2,1-2H3,(H,22,25)/b17-12+. The molecule has 3 amide bonds. The molecule has 1 aliphatic rings. The van der Waals surface area contributed by atoms with E-state index in [-0.39, 0.29) is 23.5 Å². The molecule has 0 saturated carbocycles. The van der Waals surface area contributed by atoms with Crippen molar-refractivity contribution in [3.8, 4) is 0 Å². The molecule has 162 valence electrons. The quantitative estimate of drug-likeness (QED) is 0.626. The Bertz CT molecular complexity index is 1130. The average molecular weight is 461 g/mol. The first kappa shape index (κ1) is 22.7. The topological polar surface area (TPSA) is 117 Å². The van der Waals surface area contributed by atoms with Crippen LogP contribution in [0.5, 0.6) is 0 Å². The molecule has 2 aromatic rings. The fraction of sp³-hybridized carbons (Fsp3) is 0.200. The van der Waals surface area contributed by atoms with Crippen LogP contribution < -0.4 is 5.32 Å². The lowest BCUT2D eigenvalue weighted by Crippen LogP contribution is -2.37. The second-order valence-corrected chi connectivity index (χ2v) is 9.83. The Morgan fingerprint density at radius 3 is 2.52 bits per heavy atom. The summed E-state index contributed by atoms with van der Waals surface area (Å²) in [6, 6.07) is 9.02. The molecule has 0 radical (unpaired) electrons. The molecule has 2 heterocycles. The van der Waals surface area contributed by atoms with Gasteiger partial charge >= 0.3 is 0 Å². The van der Waals surface area contributed by atoms with Gasteiger partial charge in [0.2, 0.25) is 10.0 Å². The zero-order chi connectivity index (χ0) is 22.6. The first-order valence-corrected chi connectivity index (χ1v) is 11.4. The highest BCUT2D eigenvalue weighted by atomic mass is 32.2. The molecule has 0 unspecified atom stereocenters. The summed E-state index contributed by atoms with van der Waals surface area (Å²) < 4.78 is 25.2. The van der Waals surface area contributed by atoms with E-state index in [1.807, 2.05) is 0 Å². The summed E-state index contributed by atoms with van der Waals surface area (Å²) in [5.41, 5.74) is 0.976. The molecular formula is C20H20N4O5S2. The highest BCUT2D eigenvalue weighted by Gasteiger charge is 2.34. The van der Waals surface area contributed by atoms with Gasteiger partial charge in [0.1, 0.15) is 0 Å². The second kappa shape index (κ2) is 9.41. The molecule has 31 heavy (non-hydrogen) atoms. The molecule has 1 N–H and O–H groups in total. The highest BCUT2D eigenvalue weighted by molar-refractivity contribution is 8.18. The zero-order valence-corrected chi connectivity index (χ0v) is 18.4. The smallest absolute Gasteiger partial charge is 0.293 e. The van der Waals surface area contributed by atoms with Crippen LogP contribution in [0.4, 0.5) is 4.79 Å². The summed E-state index contributed by atoms with van der Waals surface area (Å²) in [6.07, 6.45) is 4.80. The third-order valence-electron chi connectivity index (χ3n) is 4.37. The number of amides is 3. The molecule has 3 rings (SSSR count).